The molecule has 0 aliphatic carbocycles. The topological polar surface area (TPSA) is 72.8 Å². The first-order chi connectivity index (χ1) is 6.39. The van der Waals surface area contributed by atoms with E-state index in [4.69, 9.17) is 4.31 Å². The van der Waals surface area contributed by atoms with Crippen LogP contribution < -0.4 is 0 Å². The molecule has 0 amide bonds. The van der Waals surface area contributed by atoms with Crippen molar-refractivity contribution in [1.29, 1.82) is 0 Å². The number of hydrogen-bond acceptors (Lipinski definition) is 4. The van der Waals surface area contributed by atoms with Crippen LogP contribution in [0.15, 0.2) is 0 Å². The molecule has 0 saturated carbocycles. The van der Waals surface area contributed by atoms with Gasteiger partial charge in [-0.15, -0.1) is 0 Å². The van der Waals surface area contributed by atoms with Crippen LogP contribution in [-0.2, 0) is 18.0 Å². The van der Waals surface area contributed by atoms with Gasteiger partial charge < -0.3 is 9.42 Å². The Labute approximate surface area is 84.9 Å². The molecule has 0 bridgehead atoms. The summed E-state index contributed by atoms with van der Waals surface area (Å²) >= 11 is 0. The first kappa shape index (κ1) is 14.3. The summed E-state index contributed by atoms with van der Waals surface area (Å²) < 4.78 is 32.4. The molecule has 86 valence electrons. The number of rotatable bonds is 7. The summed E-state index contributed by atoms with van der Waals surface area (Å²) in [7, 11) is -5.89. The van der Waals surface area contributed by atoms with Gasteiger partial charge in [-0.1, -0.05) is 13.8 Å². The average molecular weight is 244 g/mol. The zero-order valence-corrected chi connectivity index (χ0v) is 10.6. The molecule has 0 aromatic carbocycles. The third-order valence-corrected chi connectivity index (χ3v) is 6.11. The van der Waals surface area contributed by atoms with Crippen LogP contribution in [0.4, 0.5) is 0 Å². The zero-order valence-electron chi connectivity index (χ0n) is 8.80. The maximum Gasteiger partial charge on any atom is 0.337 e. The molecule has 0 radical (unpaired) electrons. The van der Waals surface area contributed by atoms with Gasteiger partial charge in [0, 0.05) is 7.11 Å². The molecule has 0 aromatic heterocycles. The molecule has 2 atom stereocenters. The Morgan fingerprint density at radius 2 is 1.64 bits per heavy atom. The van der Waals surface area contributed by atoms with Crippen LogP contribution in [0.5, 0.6) is 0 Å². The molecule has 0 rings (SSSR count). The Bertz CT molecular complexity index is 252. The highest BCUT2D eigenvalue weighted by atomic mass is 31.3. The van der Waals surface area contributed by atoms with Crippen LogP contribution in [-0.4, -0.2) is 24.3 Å². The summed E-state index contributed by atoms with van der Waals surface area (Å²) in [5, 5.41) is 0. The molecular formula is C7H18O5P2. The van der Waals surface area contributed by atoms with Crippen molar-refractivity contribution in [3.05, 3.63) is 0 Å². The van der Waals surface area contributed by atoms with Crippen molar-refractivity contribution in [2.75, 3.05) is 19.4 Å². The van der Waals surface area contributed by atoms with Crippen LogP contribution in [0.2, 0.25) is 0 Å². The van der Waals surface area contributed by atoms with Crippen molar-refractivity contribution < 1.29 is 22.9 Å². The van der Waals surface area contributed by atoms with Gasteiger partial charge in [0.25, 0.3) is 0 Å². The summed E-state index contributed by atoms with van der Waals surface area (Å²) in [6, 6.07) is 0. The normalized spacial score (nSPS) is 20.0. The van der Waals surface area contributed by atoms with Crippen molar-refractivity contribution in [2.45, 2.75) is 26.7 Å². The lowest BCUT2D eigenvalue weighted by Crippen LogP contribution is -1.98. The van der Waals surface area contributed by atoms with Crippen molar-refractivity contribution in [3.8, 4) is 0 Å². The summed E-state index contributed by atoms with van der Waals surface area (Å²) in [5.41, 5.74) is 0. The Morgan fingerprint density at radius 3 is 2.00 bits per heavy atom. The molecule has 0 aliphatic rings. The lowest BCUT2D eigenvalue weighted by atomic mass is 10.6. The summed E-state index contributed by atoms with van der Waals surface area (Å²) in [6.07, 6.45) is 1.25. The minimum atomic E-state index is -3.75. The van der Waals surface area contributed by atoms with E-state index in [-0.39, 0.29) is 12.3 Å². The van der Waals surface area contributed by atoms with Crippen molar-refractivity contribution in [3.63, 3.8) is 0 Å². The van der Waals surface area contributed by atoms with Crippen LogP contribution in [0, 0.1) is 0 Å². The fourth-order valence-corrected chi connectivity index (χ4v) is 4.73. The molecular weight excluding hydrogens is 226 g/mol. The second-order valence-corrected chi connectivity index (χ2v) is 7.37. The Balaban J connectivity index is 4.45. The third kappa shape index (κ3) is 5.28. The molecule has 14 heavy (non-hydrogen) atoms. The zero-order chi connectivity index (χ0) is 11.2. The van der Waals surface area contributed by atoms with Gasteiger partial charge in [0.05, 0.1) is 12.3 Å². The summed E-state index contributed by atoms with van der Waals surface area (Å²) in [6.45, 7) is 3.56. The van der Waals surface area contributed by atoms with E-state index in [0.29, 0.717) is 12.8 Å². The van der Waals surface area contributed by atoms with Crippen LogP contribution >= 0.6 is 15.2 Å². The standard InChI is InChI=1S/C7H18O5P2/c1-4-6-13(8,9)12-14(10,11-3)7-5-2/h4-7H2,1-3H3,(H,8,9). The summed E-state index contributed by atoms with van der Waals surface area (Å²) in [5.74, 6) is 0. The molecule has 0 aliphatic heterocycles. The van der Waals surface area contributed by atoms with Crippen molar-refractivity contribution in [1.82, 2.24) is 0 Å². The van der Waals surface area contributed by atoms with E-state index in [2.05, 4.69) is 4.52 Å². The second kappa shape index (κ2) is 6.04. The van der Waals surface area contributed by atoms with Gasteiger partial charge in [-0.05, 0) is 12.8 Å². The fourth-order valence-electron chi connectivity index (χ4n) is 0.957. The maximum atomic E-state index is 11.7. The highest BCUT2D eigenvalue weighted by Crippen LogP contribution is 2.62. The maximum absolute atomic E-state index is 11.7. The predicted octanol–water partition coefficient (Wildman–Crippen LogP) is 2.85. The predicted molar refractivity (Wildman–Crippen MR) is 55.8 cm³/mol. The Morgan fingerprint density at radius 1 is 1.14 bits per heavy atom. The van der Waals surface area contributed by atoms with Crippen LogP contribution in [0.25, 0.3) is 0 Å². The lowest BCUT2D eigenvalue weighted by molar-refractivity contribution is 0.297. The third-order valence-electron chi connectivity index (χ3n) is 1.53. The first-order valence-electron chi connectivity index (χ1n) is 4.57. The van der Waals surface area contributed by atoms with E-state index >= 15 is 0 Å². The fraction of sp³-hybridized carbons (Fsp3) is 1.00. The largest absolute Gasteiger partial charge is 0.337 e. The molecule has 5 nitrogen and oxygen atoms in total. The highest BCUT2D eigenvalue weighted by Gasteiger charge is 2.32. The minimum absolute atomic E-state index is 0.00403. The molecule has 2 unspecified atom stereocenters. The smallest absolute Gasteiger partial charge is 0.324 e. The molecule has 1 N–H and O–H groups in total. The van der Waals surface area contributed by atoms with Gasteiger partial charge in [-0.3, -0.25) is 9.13 Å². The van der Waals surface area contributed by atoms with Gasteiger partial charge in [-0.25, -0.2) is 4.31 Å². The average Bonchev–Trinajstić information content (AvgIpc) is 2.03. The van der Waals surface area contributed by atoms with Gasteiger partial charge in [0.2, 0.25) is 0 Å². The minimum Gasteiger partial charge on any atom is -0.324 e. The Kier molecular flexibility index (Phi) is 6.19. The van der Waals surface area contributed by atoms with Crippen LogP contribution in [0.1, 0.15) is 26.7 Å². The summed E-state index contributed by atoms with van der Waals surface area (Å²) in [4.78, 5) is 9.29. The van der Waals surface area contributed by atoms with E-state index in [1.165, 1.54) is 7.11 Å². The molecule has 0 spiro atoms. The molecule has 0 aromatic rings. The highest BCUT2D eigenvalue weighted by molar-refractivity contribution is 7.66. The van der Waals surface area contributed by atoms with E-state index in [1.807, 2.05) is 0 Å². The molecule has 0 saturated heterocycles. The van der Waals surface area contributed by atoms with Gasteiger partial charge in [0.1, 0.15) is 0 Å². The van der Waals surface area contributed by atoms with Gasteiger partial charge in [-0.2, -0.15) is 0 Å². The lowest BCUT2D eigenvalue weighted by Gasteiger charge is -2.18. The van der Waals surface area contributed by atoms with Crippen molar-refractivity contribution in [2.24, 2.45) is 0 Å². The molecule has 0 heterocycles. The van der Waals surface area contributed by atoms with Gasteiger partial charge in [0.15, 0.2) is 0 Å². The van der Waals surface area contributed by atoms with E-state index < -0.39 is 15.2 Å². The van der Waals surface area contributed by atoms with E-state index in [0.717, 1.165) is 0 Å². The molecule has 0 fully saturated rings. The Hall–Kier alpha value is 0.340. The van der Waals surface area contributed by atoms with Crippen molar-refractivity contribution >= 4 is 15.2 Å². The second-order valence-electron chi connectivity index (χ2n) is 2.96. The number of hydrogen-bond donors (Lipinski definition) is 1. The van der Waals surface area contributed by atoms with E-state index in [9.17, 15) is 14.0 Å². The van der Waals surface area contributed by atoms with Gasteiger partial charge >= 0.3 is 15.2 Å². The molecule has 7 heteroatoms. The monoisotopic (exact) mass is 244 g/mol. The first-order valence-corrected chi connectivity index (χ1v) is 8.06. The SMILES string of the molecule is CCCP(=O)(O)OP(=O)(CCC)OC. The van der Waals surface area contributed by atoms with Crippen LogP contribution in [0.3, 0.4) is 0 Å². The quantitative estimate of drug-likeness (QED) is 0.697. The van der Waals surface area contributed by atoms with E-state index in [1.54, 1.807) is 13.8 Å².